The van der Waals surface area contributed by atoms with Crippen LogP contribution >= 0.6 is 11.8 Å². The van der Waals surface area contributed by atoms with E-state index in [4.69, 9.17) is 0 Å². The number of thioether (sulfide) groups is 1. The van der Waals surface area contributed by atoms with Gasteiger partial charge in [0.05, 0.1) is 0 Å². The number of hydrogen-bond acceptors (Lipinski definition) is 2. The fourth-order valence-electron chi connectivity index (χ4n) is 1.08. The van der Waals surface area contributed by atoms with Gasteiger partial charge in [0.25, 0.3) is 0 Å². The van der Waals surface area contributed by atoms with Gasteiger partial charge in [-0.3, -0.25) is 4.79 Å². The molecule has 1 aliphatic heterocycles. The summed E-state index contributed by atoms with van der Waals surface area (Å²) in [4.78, 5) is 10.7. The summed E-state index contributed by atoms with van der Waals surface area (Å²) in [6.45, 7) is 3.64. The lowest BCUT2D eigenvalue weighted by molar-refractivity contribution is -0.118. The molecule has 1 N–H and O–H groups in total. The van der Waals surface area contributed by atoms with Crippen LogP contribution in [0, 0.1) is 0 Å². The van der Waals surface area contributed by atoms with Crippen molar-refractivity contribution in [2.24, 2.45) is 0 Å². The second-order valence-corrected chi connectivity index (χ2v) is 3.85. The number of amides is 1. The molecule has 1 rings (SSSR count). The van der Waals surface area contributed by atoms with Crippen LogP contribution in [0.15, 0.2) is 11.3 Å². The van der Waals surface area contributed by atoms with Gasteiger partial charge in [-0.2, -0.15) is 11.8 Å². The van der Waals surface area contributed by atoms with Gasteiger partial charge in [-0.25, -0.2) is 0 Å². The Hall–Kier alpha value is -0.440. The van der Waals surface area contributed by atoms with Crippen molar-refractivity contribution in [1.29, 1.82) is 0 Å². The highest BCUT2D eigenvalue weighted by Crippen LogP contribution is 2.20. The number of hydrogen-bond donors (Lipinski definition) is 1. The third kappa shape index (κ3) is 2.58. The van der Waals surface area contributed by atoms with Crippen molar-refractivity contribution in [3.63, 3.8) is 0 Å². The Morgan fingerprint density at radius 2 is 2.36 bits per heavy atom. The van der Waals surface area contributed by atoms with Gasteiger partial charge in [0, 0.05) is 18.4 Å². The maximum Gasteiger partial charge on any atom is 0.220 e. The van der Waals surface area contributed by atoms with Crippen LogP contribution in [0.5, 0.6) is 0 Å². The van der Waals surface area contributed by atoms with Crippen molar-refractivity contribution in [2.45, 2.75) is 20.3 Å². The molecule has 2 nitrogen and oxygen atoms in total. The van der Waals surface area contributed by atoms with E-state index >= 15 is 0 Å². The van der Waals surface area contributed by atoms with Crippen LogP contribution in [0.25, 0.3) is 0 Å². The first-order valence-electron chi connectivity index (χ1n) is 3.74. The first kappa shape index (κ1) is 8.65. The zero-order valence-electron chi connectivity index (χ0n) is 6.94. The third-order valence-electron chi connectivity index (χ3n) is 1.66. The van der Waals surface area contributed by atoms with Crippen LogP contribution in [-0.4, -0.2) is 17.4 Å². The molecule has 0 aliphatic carbocycles. The second-order valence-electron chi connectivity index (χ2n) is 2.74. The minimum absolute atomic E-state index is 0.0475. The molecule has 0 unspecified atom stereocenters. The van der Waals surface area contributed by atoms with E-state index in [1.165, 1.54) is 5.57 Å². The van der Waals surface area contributed by atoms with Crippen molar-refractivity contribution in [3.05, 3.63) is 11.3 Å². The van der Waals surface area contributed by atoms with Gasteiger partial charge in [0.2, 0.25) is 5.91 Å². The number of nitrogens with one attached hydrogen (secondary N) is 1. The zero-order valence-corrected chi connectivity index (χ0v) is 7.75. The first-order valence-corrected chi connectivity index (χ1v) is 4.89. The molecule has 0 saturated carbocycles. The summed E-state index contributed by atoms with van der Waals surface area (Å²) >= 11 is 1.92. The van der Waals surface area contributed by atoms with Gasteiger partial charge in [0.15, 0.2) is 0 Å². The molecule has 1 aliphatic rings. The molecule has 3 heteroatoms. The summed E-state index contributed by atoms with van der Waals surface area (Å²) in [5.41, 5.74) is 2.45. The smallest absolute Gasteiger partial charge is 0.220 e. The van der Waals surface area contributed by atoms with Crippen LogP contribution in [-0.2, 0) is 4.79 Å². The highest BCUT2D eigenvalue weighted by molar-refractivity contribution is 7.99. The Kier molecular flexibility index (Phi) is 3.00. The summed E-state index contributed by atoms with van der Waals surface area (Å²) in [7, 11) is 0. The molecule has 0 atom stereocenters. The average molecular weight is 171 g/mol. The molecular formula is C8H13NOS. The van der Waals surface area contributed by atoms with Gasteiger partial charge in [0.1, 0.15) is 0 Å². The number of carbonyl (C=O) groups excluding carboxylic acids is 1. The Labute approximate surface area is 71.4 Å². The Morgan fingerprint density at radius 3 is 2.91 bits per heavy atom. The van der Waals surface area contributed by atoms with Gasteiger partial charge in [-0.1, -0.05) is 0 Å². The highest BCUT2D eigenvalue weighted by Gasteiger charge is 2.09. The predicted octanol–water partition coefficient (Wildman–Crippen LogP) is 1.53. The lowest BCUT2D eigenvalue weighted by atomic mass is 10.2. The Bertz CT molecular complexity index is 198. The average Bonchev–Trinajstić information content (AvgIpc) is 1.93. The maximum atomic E-state index is 10.7. The predicted molar refractivity (Wildman–Crippen MR) is 48.5 cm³/mol. The molecule has 0 bridgehead atoms. The van der Waals surface area contributed by atoms with Crippen LogP contribution in [0.3, 0.4) is 0 Å². The summed E-state index contributed by atoms with van der Waals surface area (Å²) in [5, 5.41) is 2.86. The minimum atomic E-state index is 0.0475. The van der Waals surface area contributed by atoms with Crippen molar-refractivity contribution in [3.8, 4) is 0 Å². The maximum absolute atomic E-state index is 10.7. The normalized spacial score (nSPS) is 18.4. The lowest BCUT2D eigenvalue weighted by Crippen LogP contribution is -2.23. The zero-order chi connectivity index (χ0) is 8.27. The molecule has 0 saturated heterocycles. The molecule has 11 heavy (non-hydrogen) atoms. The molecule has 0 aromatic carbocycles. The van der Waals surface area contributed by atoms with Crippen LogP contribution in [0.4, 0.5) is 0 Å². The van der Waals surface area contributed by atoms with E-state index in [-0.39, 0.29) is 5.91 Å². The lowest BCUT2D eigenvalue weighted by Gasteiger charge is -2.17. The van der Waals surface area contributed by atoms with Gasteiger partial charge in [-0.15, -0.1) is 0 Å². The molecule has 0 fully saturated rings. The number of allylic oxidation sites excluding steroid dienone is 1. The summed E-state index contributed by atoms with van der Waals surface area (Å²) in [5.74, 6) is 2.24. The molecule has 0 spiro atoms. The minimum Gasteiger partial charge on any atom is -0.330 e. The first-order chi connectivity index (χ1) is 5.20. The van der Waals surface area contributed by atoms with Gasteiger partial charge >= 0.3 is 0 Å². The van der Waals surface area contributed by atoms with E-state index in [2.05, 4.69) is 12.2 Å². The quantitative estimate of drug-likeness (QED) is 0.648. The molecule has 0 aromatic rings. The third-order valence-corrected chi connectivity index (χ3v) is 2.79. The SMILES string of the molecule is CC(=O)NC1=C(C)CSCC1. The summed E-state index contributed by atoms with van der Waals surface area (Å²) in [6.07, 6.45) is 1.01. The largest absolute Gasteiger partial charge is 0.330 e. The van der Waals surface area contributed by atoms with Crippen LogP contribution < -0.4 is 5.32 Å². The molecule has 0 aromatic heterocycles. The fourth-order valence-corrected chi connectivity index (χ4v) is 2.05. The molecule has 0 radical (unpaired) electrons. The van der Waals surface area contributed by atoms with E-state index in [0.29, 0.717) is 0 Å². The van der Waals surface area contributed by atoms with E-state index in [1.54, 1.807) is 6.92 Å². The Morgan fingerprint density at radius 1 is 1.64 bits per heavy atom. The fraction of sp³-hybridized carbons (Fsp3) is 0.625. The molecule has 62 valence electrons. The molecular weight excluding hydrogens is 158 g/mol. The van der Waals surface area contributed by atoms with Gasteiger partial charge < -0.3 is 5.32 Å². The number of carbonyl (C=O) groups is 1. The monoisotopic (exact) mass is 171 g/mol. The second kappa shape index (κ2) is 3.81. The molecule has 1 amide bonds. The van der Waals surface area contributed by atoms with Crippen molar-refractivity contribution < 1.29 is 4.79 Å². The van der Waals surface area contributed by atoms with E-state index in [9.17, 15) is 4.79 Å². The summed E-state index contributed by atoms with van der Waals surface area (Å²) < 4.78 is 0. The van der Waals surface area contributed by atoms with Crippen molar-refractivity contribution in [2.75, 3.05) is 11.5 Å². The highest BCUT2D eigenvalue weighted by atomic mass is 32.2. The Balaban J connectivity index is 2.59. The van der Waals surface area contributed by atoms with Crippen LogP contribution in [0.1, 0.15) is 20.3 Å². The van der Waals surface area contributed by atoms with Crippen molar-refractivity contribution >= 4 is 17.7 Å². The molecule has 1 heterocycles. The standard InChI is InChI=1S/C8H13NOS/c1-6-5-11-4-3-8(6)9-7(2)10/h3-5H2,1-2H3,(H,9,10). The summed E-state index contributed by atoms with van der Waals surface area (Å²) in [6, 6.07) is 0. The number of rotatable bonds is 1. The van der Waals surface area contributed by atoms with Crippen LogP contribution in [0.2, 0.25) is 0 Å². The van der Waals surface area contributed by atoms with E-state index < -0.39 is 0 Å². The topological polar surface area (TPSA) is 29.1 Å². The van der Waals surface area contributed by atoms with E-state index in [1.807, 2.05) is 11.8 Å². The van der Waals surface area contributed by atoms with Gasteiger partial charge in [-0.05, 0) is 24.7 Å². The van der Waals surface area contributed by atoms with Crippen molar-refractivity contribution in [1.82, 2.24) is 5.32 Å². The van der Waals surface area contributed by atoms with E-state index in [0.717, 1.165) is 23.6 Å².